The monoisotopic (exact) mass is 175 g/mol. The Kier molecular flexibility index (Phi) is 3.43. The summed E-state index contributed by atoms with van der Waals surface area (Å²) >= 11 is 1.14. The third kappa shape index (κ3) is 2.81. The maximum Gasteiger partial charge on any atom is 0.138 e. The Morgan fingerprint density at radius 3 is 2.67 bits per heavy atom. The molecule has 0 bridgehead atoms. The fourth-order valence-corrected chi connectivity index (χ4v) is 1.29. The number of allylic oxidation sites excluding steroid dienone is 1. The van der Waals surface area contributed by atoms with Gasteiger partial charge in [-0.3, -0.25) is 0 Å². The van der Waals surface area contributed by atoms with Crippen molar-refractivity contribution in [2.75, 3.05) is 0 Å². The number of nitriles is 1. The van der Waals surface area contributed by atoms with E-state index in [1.54, 1.807) is 0 Å². The predicted molar refractivity (Wildman–Crippen MR) is 52.5 cm³/mol. The maximum absolute atomic E-state index is 8.37. The number of hydrogen-bond acceptors (Lipinski definition) is 2. The molecule has 0 unspecified atom stereocenters. The van der Waals surface area contributed by atoms with Gasteiger partial charge >= 0.3 is 0 Å². The average molecular weight is 175 g/mol. The molecule has 2 heteroatoms. The van der Waals surface area contributed by atoms with Crippen LogP contribution in [0, 0.1) is 10.7 Å². The Hall–Kier alpha value is -1.20. The van der Waals surface area contributed by atoms with Crippen LogP contribution in [0.15, 0.2) is 41.8 Å². The Balaban J connectivity index is 2.54. The first-order chi connectivity index (χ1) is 5.83. The van der Waals surface area contributed by atoms with E-state index in [4.69, 9.17) is 5.26 Å². The zero-order valence-corrected chi connectivity index (χ0v) is 7.47. The van der Waals surface area contributed by atoms with E-state index in [-0.39, 0.29) is 0 Å². The third-order valence-electron chi connectivity index (χ3n) is 1.43. The zero-order valence-electron chi connectivity index (χ0n) is 6.66. The van der Waals surface area contributed by atoms with E-state index in [9.17, 15) is 0 Å². The summed E-state index contributed by atoms with van der Waals surface area (Å²) in [6.07, 6.45) is 0.777. The first kappa shape index (κ1) is 8.89. The molecular formula is C10H9NS. The summed E-state index contributed by atoms with van der Waals surface area (Å²) in [5, 5.41) is 10.4. The molecule has 0 aliphatic carbocycles. The quantitative estimate of drug-likeness (QED) is 0.659. The van der Waals surface area contributed by atoms with Crippen molar-refractivity contribution in [3.63, 3.8) is 0 Å². The van der Waals surface area contributed by atoms with Crippen molar-refractivity contribution in [2.24, 2.45) is 0 Å². The van der Waals surface area contributed by atoms with Crippen LogP contribution in [0.4, 0.5) is 0 Å². The molecule has 0 fully saturated rings. The van der Waals surface area contributed by atoms with Crippen molar-refractivity contribution in [3.8, 4) is 5.40 Å². The fraction of sp³-hybridized carbons (Fsp3) is 0.100. The number of nitrogens with zero attached hydrogens (tertiary/aromatic N) is 1. The summed E-state index contributed by atoms with van der Waals surface area (Å²) in [6.45, 7) is 3.78. The van der Waals surface area contributed by atoms with Gasteiger partial charge in [-0.25, -0.2) is 0 Å². The lowest BCUT2D eigenvalue weighted by molar-refractivity contribution is 1.26. The molecule has 0 radical (unpaired) electrons. The average Bonchev–Trinajstić information content (AvgIpc) is 2.06. The van der Waals surface area contributed by atoms with Gasteiger partial charge in [0.2, 0.25) is 0 Å². The predicted octanol–water partition coefficient (Wildman–Crippen LogP) is 2.96. The van der Waals surface area contributed by atoms with Gasteiger partial charge in [-0.2, -0.15) is 5.26 Å². The van der Waals surface area contributed by atoms with Crippen molar-refractivity contribution in [2.45, 2.75) is 6.42 Å². The second kappa shape index (κ2) is 4.63. The fourth-order valence-electron chi connectivity index (χ4n) is 0.924. The van der Waals surface area contributed by atoms with Crippen LogP contribution in [0.3, 0.4) is 0 Å². The second-order valence-corrected chi connectivity index (χ2v) is 3.36. The summed E-state index contributed by atoms with van der Waals surface area (Å²) in [6, 6.07) is 10.0. The lowest BCUT2D eigenvalue weighted by Gasteiger charge is -1.98. The highest BCUT2D eigenvalue weighted by molar-refractivity contribution is 8.07. The van der Waals surface area contributed by atoms with E-state index in [1.165, 1.54) is 5.56 Å². The molecule has 0 heterocycles. The van der Waals surface area contributed by atoms with Crippen molar-refractivity contribution < 1.29 is 0 Å². The number of rotatable bonds is 3. The molecule has 0 saturated heterocycles. The molecule has 1 aromatic rings. The molecule has 0 saturated carbocycles. The van der Waals surface area contributed by atoms with Gasteiger partial charge in [0, 0.05) is 6.42 Å². The highest BCUT2D eigenvalue weighted by atomic mass is 32.2. The van der Waals surface area contributed by atoms with Crippen LogP contribution in [-0.4, -0.2) is 0 Å². The van der Waals surface area contributed by atoms with Crippen LogP contribution < -0.4 is 0 Å². The first-order valence-electron chi connectivity index (χ1n) is 3.60. The van der Waals surface area contributed by atoms with Crippen molar-refractivity contribution >= 4 is 11.8 Å². The molecule has 1 aromatic carbocycles. The minimum absolute atomic E-state index is 0.777. The van der Waals surface area contributed by atoms with Gasteiger partial charge in [-0.1, -0.05) is 36.9 Å². The standard InChI is InChI=1S/C10H9NS/c1-9(12-8-11)7-10-5-3-2-4-6-10/h2-6H,1,7H2. The number of thiocyanates is 1. The van der Waals surface area contributed by atoms with E-state index < -0.39 is 0 Å². The highest BCUT2D eigenvalue weighted by Crippen LogP contribution is 2.16. The Bertz CT molecular complexity index is 297. The summed E-state index contributed by atoms with van der Waals surface area (Å²) < 4.78 is 0. The van der Waals surface area contributed by atoms with E-state index in [0.29, 0.717) is 0 Å². The first-order valence-corrected chi connectivity index (χ1v) is 4.42. The minimum Gasteiger partial charge on any atom is -0.185 e. The molecule has 0 amide bonds. The van der Waals surface area contributed by atoms with Crippen LogP contribution in [0.25, 0.3) is 0 Å². The molecule has 1 rings (SSSR count). The van der Waals surface area contributed by atoms with Gasteiger partial charge in [0.15, 0.2) is 0 Å². The molecule has 0 N–H and O–H groups in total. The normalized spacial score (nSPS) is 8.92. The lowest BCUT2D eigenvalue weighted by atomic mass is 10.1. The summed E-state index contributed by atoms with van der Waals surface area (Å²) in [5.41, 5.74) is 1.20. The number of thioether (sulfide) groups is 1. The third-order valence-corrected chi connectivity index (χ3v) is 1.96. The molecule has 1 nitrogen and oxygen atoms in total. The van der Waals surface area contributed by atoms with Crippen LogP contribution in [-0.2, 0) is 6.42 Å². The Morgan fingerprint density at radius 2 is 2.08 bits per heavy atom. The minimum atomic E-state index is 0.777. The molecule has 0 atom stereocenters. The zero-order chi connectivity index (χ0) is 8.81. The topological polar surface area (TPSA) is 23.8 Å². The van der Waals surface area contributed by atoms with Crippen LogP contribution in [0.2, 0.25) is 0 Å². The van der Waals surface area contributed by atoms with Crippen molar-refractivity contribution in [1.82, 2.24) is 0 Å². The van der Waals surface area contributed by atoms with Crippen LogP contribution in [0.5, 0.6) is 0 Å². The molecule has 0 spiro atoms. The van der Waals surface area contributed by atoms with Crippen LogP contribution >= 0.6 is 11.8 Å². The molecule has 0 aliphatic heterocycles. The summed E-state index contributed by atoms with van der Waals surface area (Å²) in [5.74, 6) is 0. The SMILES string of the molecule is C=C(Cc1ccccc1)SC#N. The van der Waals surface area contributed by atoms with E-state index in [1.807, 2.05) is 35.7 Å². The van der Waals surface area contributed by atoms with Gasteiger partial charge in [-0.05, 0) is 22.2 Å². The van der Waals surface area contributed by atoms with Crippen LogP contribution in [0.1, 0.15) is 5.56 Å². The van der Waals surface area contributed by atoms with E-state index in [0.717, 1.165) is 23.1 Å². The Labute approximate surface area is 76.7 Å². The van der Waals surface area contributed by atoms with Gasteiger partial charge in [-0.15, -0.1) is 0 Å². The summed E-state index contributed by atoms with van der Waals surface area (Å²) in [7, 11) is 0. The number of hydrogen-bond donors (Lipinski definition) is 0. The maximum atomic E-state index is 8.37. The van der Waals surface area contributed by atoms with Crippen molar-refractivity contribution in [3.05, 3.63) is 47.4 Å². The second-order valence-electron chi connectivity index (χ2n) is 2.39. The smallest absolute Gasteiger partial charge is 0.138 e. The Morgan fingerprint density at radius 1 is 1.42 bits per heavy atom. The largest absolute Gasteiger partial charge is 0.185 e. The van der Waals surface area contributed by atoms with Gasteiger partial charge < -0.3 is 0 Å². The molecule has 0 aliphatic rings. The molecular weight excluding hydrogens is 166 g/mol. The van der Waals surface area contributed by atoms with Gasteiger partial charge in [0.1, 0.15) is 5.40 Å². The van der Waals surface area contributed by atoms with Crippen molar-refractivity contribution in [1.29, 1.82) is 5.26 Å². The van der Waals surface area contributed by atoms with E-state index >= 15 is 0 Å². The number of benzene rings is 1. The molecule has 12 heavy (non-hydrogen) atoms. The summed E-state index contributed by atoms with van der Waals surface area (Å²) in [4.78, 5) is 0.892. The molecule has 60 valence electrons. The lowest BCUT2D eigenvalue weighted by Crippen LogP contribution is -1.83. The molecule has 0 aromatic heterocycles. The highest BCUT2D eigenvalue weighted by Gasteiger charge is 1.95. The van der Waals surface area contributed by atoms with Gasteiger partial charge in [0.25, 0.3) is 0 Å². The van der Waals surface area contributed by atoms with E-state index in [2.05, 4.69) is 6.58 Å². The van der Waals surface area contributed by atoms with Gasteiger partial charge in [0.05, 0.1) is 0 Å².